The normalized spacial score (nSPS) is 13.1. The van der Waals surface area contributed by atoms with Crippen molar-refractivity contribution in [1.29, 1.82) is 0 Å². The summed E-state index contributed by atoms with van der Waals surface area (Å²) in [6.07, 6.45) is 2.49. The molecule has 1 aliphatic rings. The maximum atomic E-state index is 12.6. The average Bonchev–Trinajstić information content (AvgIpc) is 3.07. The fourth-order valence-corrected chi connectivity index (χ4v) is 4.20. The van der Waals surface area contributed by atoms with Crippen molar-refractivity contribution in [3.63, 3.8) is 0 Å². The summed E-state index contributed by atoms with van der Waals surface area (Å²) in [6, 6.07) is 19.3. The van der Waals surface area contributed by atoms with Crippen molar-refractivity contribution < 1.29 is 52.3 Å². The van der Waals surface area contributed by atoms with E-state index in [0.29, 0.717) is 93.2 Å². The van der Waals surface area contributed by atoms with Crippen molar-refractivity contribution >= 4 is 17.9 Å². The molecule has 4 rings (SSSR count). The first-order chi connectivity index (χ1) is 22.8. The molecule has 0 N–H and O–H groups in total. The van der Waals surface area contributed by atoms with E-state index < -0.39 is 17.9 Å². The molecule has 0 spiro atoms. The van der Waals surface area contributed by atoms with E-state index in [9.17, 15) is 14.4 Å². The Hall–Kier alpha value is -4.71. The molecule has 11 nitrogen and oxygen atoms in total. The predicted octanol–water partition coefficient (Wildman–Crippen LogP) is 5.46. The van der Waals surface area contributed by atoms with Gasteiger partial charge in [-0.2, -0.15) is 0 Å². The molecule has 0 amide bonds. The van der Waals surface area contributed by atoms with Crippen LogP contribution in [0.1, 0.15) is 40.5 Å². The van der Waals surface area contributed by atoms with Gasteiger partial charge in [0, 0.05) is 11.5 Å². The highest BCUT2D eigenvalue weighted by Gasteiger charge is 2.33. The molecular weight excluding hydrogens is 608 g/mol. The summed E-state index contributed by atoms with van der Waals surface area (Å²) in [4.78, 5) is 36.2. The number of esters is 3. The zero-order chi connectivity index (χ0) is 33.3. The molecule has 250 valence electrons. The van der Waals surface area contributed by atoms with E-state index >= 15 is 0 Å². The first-order valence-electron chi connectivity index (χ1n) is 15.4. The van der Waals surface area contributed by atoms with Crippen LogP contribution in [0.2, 0.25) is 0 Å². The Morgan fingerprint density at radius 2 is 1.13 bits per heavy atom. The number of carbonyl (C=O) groups is 3. The van der Waals surface area contributed by atoms with Gasteiger partial charge in [-0.25, -0.2) is 14.4 Å². The lowest BCUT2D eigenvalue weighted by Crippen LogP contribution is -2.43. The molecule has 0 radical (unpaired) electrons. The molecule has 3 aromatic rings. The van der Waals surface area contributed by atoms with Gasteiger partial charge in [-0.3, -0.25) is 0 Å². The Morgan fingerprint density at radius 3 is 1.64 bits per heavy atom. The molecule has 1 heterocycles. The molecule has 1 saturated heterocycles. The van der Waals surface area contributed by atoms with Crippen molar-refractivity contribution in [2.45, 2.75) is 19.8 Å². The molecule has 0 aliphatic carbocycles. The molecule has 1 aliphatic heterocycles. The van der Waals surface area contributed by atoms with E-state index in [1.807, 2.05) is 0 Å². The number of rotatable bonds is 20. The summed E-state index contributed by atoms with van der Waals surface area (Å²) >= 11 is 0. The number of hydrogen-bond donors (Lipinski definition) is 0. The van der Waals surface area contributed by atoms with Gasteiger partial charge in [-0.05, 0) is 85.6 Å². The van der Waals surface area contributed by atoms with Crippen LogP contribution >= 0.6 is 0 Å². The van der Waals surface area contributed by atoms with Gasteiger partial charge in [0.05, 0.1) is 64.0 Å². The lowest BCUT2D eigenvalue weighted by atomic mass is 9.90. The van der Waals surface area contributed by atoms with Crippen molar-refractivity contribution in [3.05, 3.63) is 96.6 Å². The van der Waals surface area contributed by atoms with Gasteiger partial charge in [-0.1, -0.05) is 13.5 Å². The highest BCUT2D eigenvalue weighted by Crippen LogP contribution is 2.26. The lowest BCUT2D eigenvalue weighted by molar-refractivity contribution is -0.140. The monoisotopic (exact) mass is 648 g/mol. The lowest BCUT2D eigenvalue weighted by Gasteiger charge is -2.37. The first kappa shape index (κ1) is 35.1. The molecule has 3 aromatic carbocycles. The van der Waals surface area contributed by atoms with E-state index in [1.54, 1.807) is 72.8 Å². The molecule has 0 atom stereocenters. The van der Waals surface area contributed by atoms with Crippen LogP contribution in [0, 0.1) is 5.41 Å². The maximum absolute atomic E-state index is 12.6. The molecule has 0 aromatic heterocycles. The fraction of sp³-hybridized carbons (Fsp3) is 0.361. The summed E-state index contributed by atoms with van der Waals surface area (Å²) in [5, 5.41) is 0. The smallest absolute Gasteiger partial charge is 0.343 e. The Labute approximate surface area is 274 Å². The van der Waals surface area contributed by atoms with Crippen molar-refractivity contribution in [2.24, 2.45) is 5.41 Å². The minimum absolute atomic E-state index is 0.130. The third-order valence-corrected chi connectivity index (χ3v) is 6.86. The molecular formula is C36H40O11. The Bertz CT molecular complexity index is 1430. The second kappa shape index (κ2) is 18.4. The van der Waals surface area contributed by atoms with Gasteiger partial charge in [0.15, 0.2) is 0 Å². The summed E-state index contributed by atoms with van der Waals surface area (Å²) in [7, 11) is 0. The SMILES string of the molecule is C=CC(=O)OCCCCOc1ccc(C(=O)Oc2ccc(OC(=O)c3ccc(OCCOCCOCC4(C)COC4)cc3)cc2)cc1. The maximum Gasteiger partial charge on any atom is 0.343 e. The minimum atomic E-state index is -0.544. The first-order valence-corrected chi connectivity index (χ1v) is 15.4. The van der Waals surface area contributed by atoms with Crippen LogP contribution in [0.3, 0.4) is 0 Å². The van der Waals surface area contributed by atoms with Gasteiger partial charge in [0.25, 0.3) is 0 Å². The molecule has 0 bridgehead atoms. The highest BCUT2D eigenvalue weighted by molar-refractivity contribution is 5.92. The van der Waals surface area contributed by atoms with Gasteiger partial charge in [0.1, 0.15) is 29.6 Å². The topological polar surface area (TPSA) is 125 Å². The number of unbranched alkanes of at least 4 members (excludes halogenated alkanes) is 1. The molecule has 1 fully saturated rings. The number of ether oxygens (including phenoxy) is 8. The largest absolute Gasteiger partial charge is 0.494 e. The third-order valence-electron chi connectivity index (χ3n) is 6.86. The summed E-state index contributed by atoms with van der Waals surface area (Å²) in [6.45, 7) is 10.2. The quantitative estimate of drug-likeness (QED) is 0.0671. The second-order valence-electron chi connectivity index (χ2n) is 11.0. The van der Waals surface area contributed by atoms with Crippen molar-refractivity contribution in [2.75, 3.05) is 59.5 Å². The highest BCUT2D eigenvalue weighted by atomic mass is 16.6. The minimum Gasteiger partial charge on any atom is -0.494 e. The average molecular weight is 649 g/mol. The van der Waals surface area contributed by atoms with Crippen LogP contribution in [0.5, 0.6) is 23.0 Å². The van der Waals surface area contributed by atoms with E-state index in [0.717, 1.165) is 19.3 Å². The van der Waals surface area contributed by atoms with Crippen LogP contribution in [-0.2, 0) is 23.7 Å². The Balaban J connectivity index is 1.10. The molecule has 0 saturated carbocycles. The van der Waals surface area contributed by atoms with Crippen molar-refractivity contribution in [3.8, 4) is 23.0 Å². The van der Waals surface area contributed by atoms with Crippen LogP contribution < -0.4 is 18.9 Å². The predicted molar refractivity (Wildman–Crippen MR) is 171 cm³/mol. The molecule has 11 heteroatoms. The van der Waals surface area contributed by atoms with Gasteiger partial charge in [0.2, 0.25) is 0 Å². The number of benzene rings is 3. The van der Waals surface area contributed by atoms with Gasteiger partial charge in [-0.15, -0.1) is 0 Å². The Morgan fingerprint density at radius 1 is 0.660 bits per heavy atom. The van der Waals surface area contributed by atoms with E-state index in [-0.39, 0.29) is 5.41 Å². The van der Waals surface area contributed by atoms with Crippen LogP contribution in [0.25, 0.3) is 0 Å². The van der Waals surface area contributed by atoms with Crippen LogP contribution in [0.4, 0.5) is 0 Å². The van der Waals surface area contributed by atoms with Crippen molar-refractivity contribution in [1.82, 2.24) is 0 Å². The number of carbonyl (C=O) groups excluding carboxylic acids is 3. The summed E-state index contributed by atoms with van der Waals surface area (Å²) in [5.74, 6) is 0.273. The van der Waals surface area contributed by atoms with Gasteiger partial charge >= 0.3 is 17.9 Å². The zero-order valence-corrected chi connectivity index (χ0v) is 26.5. The number of hydrogen-bond acceptors (Lipinski definition) is 11. The summed E-state index contributed by atoms with van der Waals surface area (Å²) < 4.78 is 43.5. The molecule has 47 heavy (non-hydrogen) atoms. The fourth-order valence-electron chi connectivity index (χ4n) is 4.20. The Kier molecular flexibility index (Phi) is 13.8. The zero-order valence-electron chi connectivity index (χ0n) is 26.5. The van der Waals surface area contributed by atoms with Crippen LogP contribution in [-0.4, -0.2) is 77.4 Å². The van der Waals surface area contributed by atoms with Crippen LogP contribution in [0.15, 0.2) is 85.5 Å². The second-order valence-corrected chi connectivity index (χ2v) is 11.0. The third kappa shape index (κ3) is 12.2. The van der Waals surface area contributed by atoms with E-state index in [2.05, 4.69) is 13.5 Å². The molecule has 0 unspecified atom stereocenters. The standard InChI is InChI=1S/C36H40O11/c1-3-33(37)45-19-5-4-18-43-29-10-6-27(7-11-29)34(38)46-31-14-16-32(17-15-31)47-35(39)28-8-12-30(13-9-28)44-23-22-40-20-21-41-24-36(2)25-42-26-36/h3,6-17H,1,4-5,18-26H2,2H3. The van der Waals surface area contributed by atoms with E-state index in [4.69, 9.17) is 37.9 Å². The summed E-state index contributed by atoms with van der Waals surface area (Å²) in [5.41, 5.74) is 0.831. The van der Waals surface area contributed by atoms with E-state index in [1.165, 1.54) is 0 Å². The van der Waals surface area contributed by atoms with Gasteiger partial charge < -0.3 is 37.9 Å².